The molecule has 9 heteroatoms. The molecule has 0 unspecified atom stereocenters. The highest BCUT2D eigenvalue weighted by atomic mass is 19.4. The third-order valence-corrected chi connectivity index (χ3v) is 4.50. The number of amides is 1. The van der Waals surface area contributed by atoms with Crippen LogP contribution in [0.15, 0.2) is 36.4 Å². The number of carbonyl (C=O) groups excluding carboxylic acids is 1. The average Bonchev–Trinajstić information content (AvgIpc) is 2.68. The van der Waals surface area contributed by atoms with E-state index in [1.165, 1.54) is 12.1 Å². The maximum absolute atomic E-state index is 12.5. The summed E-state index contributed by atoms with van der Waals surface area (Å²) in [6.07, 6.45) is -5.05. The zero-order valence-corrected chi connectivity index (χ0v) is 15.0. The summed E-state index contributed by atoms with van der Waals surface area (Å²) in [5, 5.41) is 16.6. The predicted octanol–water partition coefficient (Wildman–Crippen LogP) is 2.34. The Balaban J connectivity index is 1.51. The van der Waals surface area contributed by atoms with E-state index in [4.69, 9.17) is 5.26 Å². The van der Waals surface area contributed by atoms with Crippen LogP contribution in [0.1, 0.15) is 16.8 Å². The lowest BCUT2D eigenvalue weighted by Crippen LogP contribution is -2.49. The van der Waals surface area contributed by atoms with Crippen LogP contribution in [0.25, 0.3) is 0 Å². The zero-order valence-electron chi connectivity index (χ0n) is 15.0. The van der Waals surface area contributed by atoms with Crippen molar-refractivity contribution >= 4 is 11.7 Å². The van der Waals surface area contributed by atoms with Gasteiger partial charge < -0.3 is 9.80 Å². The fourth-order valence-corrected chi connectivity index (χ4v) is 3.03. The number of alkyl halides is 3. The maximum Gasteiger partial charge on any atom is 0.393 e. The van der Waals surface area contributed by atoms with Gasteiger partial charge in [0.1, 0.15) is 6.07 Å². The molecular formula is C19H18F3N5O. The molecule has 28 heavy (non-hydrogen) atoms. The van der Waals surface area contributed by atoms with Crippen molar-refractivity contribution in [3.8, 4) is 6.07 Å². The standard InChI is InChI=1S/C19H18F3N5O/c20-19(21,22)12-15-3-1-14(2-4-15)11-18(28)27-9-7-26(8-10-27)17-6-5-16(13-23)24-25-17/h1-6H,7-12H2. The van der Waals surface area contributed by atoms with Crippen molar-refractivity contribution in [2.24, 2.45) is 0 Å². The van der Waals surface area contributed by atoms with Crippen molar-refractivity contribution in [3.05, 3.63) is 53.2 Å². The molecule has 0 N–H and O–H groups in total. The molecule has 0 spiro atoms. The largest absolute Gasteiger partial charge is 0.393 e. The molecule has 0 atom stereocenters. The van der Waals surface area contributed by atoms with Gasteiger partial charge in [0.15, 0.2) is 11.5 Å². The van der Waals surface area contributed by atoms with E-state index in [-0.39, 0.29) is 23.6 Å². The first kappa shape index (κ1) is 19.6. The third-order valence-electron chi connectivity index (χ3n) is 4.50. The number of aromatic nitrogens is 2. The number of carbonyl (C=O) groups is 1. The Bertz CT molecular complexity index is 851. The molecule has 0 saturated carbocycles. The Hall–Kier alpha value is -3.15. The Morgan fingerprint density at radius 3 is 2.18 bits per heavy atom. The second-order valence-corrected chi connectivity index (χ2v) is 6.54. The lowest BCUT2D eigenvalue weighted by molar-refractivity contribution is -0.131. The molecule has 0 bridgehead atoms. The molecule has 6 nitrogen and oxygen atoms in total. The Morgan fingerprint density at radius 1 is 1.00 bits per heavy atom. The summed E-state index contributed by atoms with van der Waals surface area (Å²) in [7, 11) is 0. The number of benzene rings is 1. The predicted molar refractivity (Wildman–Crippen MR) is 95.4 cm³/mol. The molecule has 146 valence electrons. The van der Waals surface area contributed by atoms with Gasteiger partial charge in [-0.2, -0.15) is 18.4 Å². The zero-order chi connectivity index (χ0) is 20.1. The smallest absolute Gasteiger partial charge is 0.352 e. The van der Waals surface area contributed by atoms with E-state index in [0.717, 1.165) is 0 Å². The van der Waals surface area contributed by atoms with Crippen molar-refractivity contribution in [1.82, 2.24) is 15.1 Å². The average molecular weight is 389 g/mol. The van der Waals surface area contributed by atoms with Crippen molar-refractivity contribution in [2.45, 2.75) is 19.0 Å². The molecule has 1 aliphatic heterocycles. The molecule has 3 rings (SSSR count). The number of hydrogen-bond acceptors (Lipinski definition) is 5. The number of rotatable bonds is 4. The topological polar surface area (TPSA) is 73.1 Å². The van der Waals surface area contributed by atoms with E-state index >= 15 is 0 Å². The maximum atomic E-state index is 12.5. The van der Waals surface area contributed by atoms with Gasteiger partial charge in [-0.1, -0.05) is 24.3 Å². The van der Waals surface area contributed by atoms with Gasteiger partial charge >= 0.3 is 6.18 Å². The molecule has 1 aliphatic rings. The number of halogens is 3. The third kappa shape index (κ3) is 5.19. The molecular weight excluding hydrogens is 371 g/mol. The highest BCUT2D eigenvalue weighted by molar-refractivity contribution is 5.79. The Kier molecular flexibility index (Phi) is 5.78. The summed E-state index contributed by atoms with van der Waals surface area (Å²) in [4.78, 5) is 16.2. The second kappa shape index (κ2) is 8.25. The van der Waals surface area contributed by atoms with E-state index in [1.807, 2.05) is 11.0 Å². The van der Waals surface area contributed by atoms with Crippen LogP contribution in [0.2, 0.25) is 0 Å². The molecule has 1 saturated heterocycles. The van der Waals surface area contributed by atoms with Crippen molar-refractivity contribution < 1.29 is 18.0 Å². The van der Waals surface area contributed by atoms with Crippen LogP contribution >= 0.6 is 0 Å². The molecule has 1 aromatic carbocycles. The molecule has 1 aromatic heterocycles. The normalized spacial score (nSPS) is 14.6. The van der Waals surface area contributed by atoms with Crippen LogP contribution in [-0.2, 0) is 17.6 Å². The van der Waals surface area contributed by atoms with E-state index in [2.05, 4.69) is 10.2 Å². The summed E-state index contributed by atoms with van der Waals surface area (Å²) < 4.78 is 37.2. The van der Waals surface area contributed by atoms with Gasteiger partial charge in [0.25, 0.3) is 0 Å². The highest BCUT2D eigenvalue weighted by Crippen LogP contribution is 2.21. The lowest BCUT2D eigenvalue weighted by atomic mass is 10.1. The van der Waals surface area contributed by atoms with Crippen molar-refractivity contribution in [3.63, 3.8) is 0 Å². The molecule has 2 aromatic rings. The Labute approximate surface area is 160 Å². The SMILES string of the molecule is N#Cc1ccc(N2CCN(C(=O)Cc3ccc(CC(F)(F)F)cc3)CC2)nn1. The first-order chi connectivity index (χ1) is 13.3. The molecule has 0 radical (unpaired) electrons. The van der Waals surface area contributed by atoms with Crippen LogP contribution in [-0.4, -0.2) is 53.4 Å². The van der Waals surface area contributed by atoms with E-state index in [0.29, 0.717) is 37.6 Å². The van der Waals surface area contributed by atoms with E-state index in [9.17, 15) is 18.0 Å². The fourth-order valence-electron chi connectivity index (χ4n) is 3.03. The van der Waals surface area contributed by atoms with Crippen LogP contribution in [0.4, 0.5) is 19.0 Å². The van der Waals surface area contributed by atoms with Gasteiger partial charge in [0, 0.05) is 26.2 Å². The second-order valence-electron chi connectivity index (χ2n) is 6.54. The number of nitrogens with zero attached hydrogens (tertiary/aromatic N) is 5. The van der Waals surface area contributed by atoms with Crippen LogP contribution in [0, 0.1) is 11.3 Å². The minimum atomic E-state index is -4.24. The monoisotopic (exact) mass is 389 g/mol. The summed E-state index contributed by atoms with van der Waals surface area (Å²) in [5.74, 6) is 0.598. The van der Waals surface area contributed by atoms with E-state index < -0.39 is 12.6 Å². The van der Waals surface area contributed by atoms with Crippen LogP contribution in [0.3, 0.4) is 0 Å². The first-order valence-electron chi connectivity index (χ1n) is 8.75. The summed E-state index contributed by atoms with van der Waals surface area (Å²) in [6.45, 7) is 2.23. The van der Waals surface area contributed by atoms with Crippen LogP contribution < -0.4 is 4.90 Å². The molecule has 1 fully saturated rings. The van der Waals surface area contributed by atoms with Gasteiger partial charge in [-0.25, -0.2) is 0 Å². The molecule has 2 heterocycles. The van der Waals surface area contributed by atoms with Crippen molar-refractivity contribution in [2.75, 3.05) is 31.1 Å². The molecule has 0 aliphatic carbocycles. The van der Waals surface area contributed by atoms with Gasteiger partial charge in [0.05, 0.1) is 12.8 Å². The molecule has 1 amide bonds. The minimum absolute atomic E-state index is 0.0610. The Morgan fingerprint density at radius 2 is 1.64 bits per heavy atom. The van der Waals surface area contributed by atoms with Gasteiger partial charge in [-0.15, -0.1) is 10.2 Å². The summed E-state index contributed by atoms with van der Waals surface area (Å²) >= 11 is 0. The fraction of sp³-hybridized carbons (Fsp3) is 0.368. The number of nitriles is 1. The van der Waals surface area contributed by atoms with Gasteiger partial charge in [0.2, 0.25) is 5.91 Å². The lowest BCUT2D eigenvalue weighted by Gasteiger charge is -2.35. The van der Waals surface area contributed by atoms with Gasteiger partial charge in [-0.3, -0.25) is 4.79 Å². The highest BCUT2D eigenvalue weighted by Gasteiger charge is 2.27. The summed E-state index contributed by atoms with van der Waals surface area (Å²) in [5.41, 5.74) is 1.12. The van der Waals surface area contributed by atoms with Gasteiger partial charge in [-0.05, 0) is 23.3 Å². The first-order valence-corrected chi connectivity index (χ1v) is 8.75. The minimum Gasteiger partial charge on any atom is -0.352 e. The summed E-state index contributed by atoms with van der Waals surface area (Å²) in [6, 6.07) is 11.2. The van der Waals surface area contributed by atoms with Crippen LogP contribution in [0.5, 0.6) is 0 Å². The number of anilines is 1. The number of hydrogen-bond donors (Lipinski definition) is 0. The van der Waals surface area contributed by atoms with E-state index in [1.54, 1.807) is 29.2 Å². The number of piperazine rings is 1. The quantitative estimate of drug-likeness (QED) is 0.803. The van der Waals surface area contributed by atoms with Crippen molar-refractivity contribution in [1.29, 1.82) is 5.26 Å².